The summed E-state index contributed by atoms with van der Waals surface area (Å²) in [7, 11) is 0. The molecule has 3 rings (SSSR count). The second kappa shape index (κ2) is 4.31. The van der Waals surface area contributed by atoms with Gasteiger partial charge in [-0.2, -0.15) is 0 Å². The van der Waals surface area contributed by atoms with E-state index in [-0.39, 0.29) is 5.56 Å². The van der Waals surface area contributed by atoms with Crippen molar-refractivity contribution < 1.29 is 0 Å². The average molecular weight is 309 g/mol. The molecule has 2 aromatic rings. The first-order valence-corrected chi connectivity index (χ1v) is 7.02. The molecule has 1 aliphatic rings. The molecule has 1 aromatic carbocycles. The molecule has 0 aliphatic carbocycles. The SMILES string of the molecule is O=c1cc(-c2ccc(Br)cc2)nc2n1CCS2. The largest absolute Gasteiger partial charge is 0.287 e. The lowest BCUT2D eigenvalue weighted by molar-refractivity contribution is 0.658. The lowest BCUT2D eigenvalue weighted by Crippen LogP contribution is -2.19. The van der Waals surface area contributed by atoms with E-state index >= 15 is 0 Å². The Kier molecular flexibility index (Phi) is 2.80. The van der Waals surface area contributed by atoms with Gasteiger partial charge in [-0.25, -0.2) is 4.98 Å². The van der Waals surface area contributed by atoms with Gasteiger partial charge in [0.25, 0.3) is 5.56 Å². The normalized spacial score (nSPS) is 13.7. The van der Waals surface area contributed by atoms with Gasteiger partial charge in [0, 0.05) is 28.4 Å². The zero-order chi connectivity index (χ0) is 11.8. The molecule has 0 unspecified atom stereocenters. The van der Waals surface area contributed by atoms with E-state index in [0.29, 0.717) is 0 Å². The van der Waals surface area contributed by atoms with Crippen LogP contribution in [-0.4, -0.2) is 15.3 Å². The molecule has 0 N–H and O–H groups in total. The lowest BCUT2D eigenvalue weighted by atomic mass is 10.1. The molecular weight excluding hydrogens is 300 g/mol. The van der Waals surface area contributed by atoms with Crippen molar-refractivity contribution in [2.45, 2.75) is 11.7 Å². The van der Waals surface area contributed by atoms with Gasteiger partial charge in [0.05, 0.1) is 5.69 Å². The number of aromatic nitrogens is 2. The van der Waals surface area contributed by atoms with Crippen LogP contribution in [0.2, 0.25) is 0 Å². The van der Waals surface area contributed by atoms with Gasteiger partial charge in [0.2, 0.25) is 0 Å². The Labute approximate surface area is 111 Å². The van der Waals surface area contributed by atoms with Crippen molar-refractivity contribution in [3.63, 3.8) is 0 Å². The molecule has 17 heavy (non-hydrogen) atoms. The van der Waals surface area contributed by atoms with E-state index in [0.717, 1.165) is 33.2 Å². The molecule has 1 aliphatic heterocycles. The molecular formula is C12H9BrN2OS. The van der Waals surface area contributed by atoms with E-state index in [1.807, 2.05) is 24.3 Å². The van der Waals surface area contributed by atoms with Crippen LogP contribution >= 0.6 is 27.7 Å². The van der Waals surface area contributed by atoms with Crippen LogP contribution < -0.4 is 5.56 Å². The molecule has 0 saturated heterocycles. The summed E-state index contributed by atoms with van der Waals surface area (Å²) < 4.78 is 2.75. The summed E-state index contributed by atoms with van der Waals surface area (Å²) in [5, 5.41) is 0.829. The molecule has 0 radical (unpaired) electrons. The Balaban J connectivity index is 2.13. The number of hydrogen-bond acceptors (Lipinski definition) is 3. The molecule has 0 amide bonds. The Morgan fingerprint density at radius 2 is 2.06 bits per heavy atom. The molecule has 0 saturated carbocycles. The monoisotopic (exact) mass is 308 g/mol. The van der Waals surface area contributed by atoms with Crippen molar-refractivity contribution >= 4 is 27.7 Å². The summed E-state index contributed by atoms with van der Waals surface area (Å²) in [6, 6.07) is 9.44. The summed E-state index contributed by atoms with van der Waals surface area (Å²) in [4.78, 5) is 16.4. The quantitative estimate of drug-likeness (QED) is 0.760. The molecule has 1 aromatic heterocycles. The Bertz CT molecular complexity index is 621. The fourth-order valence-electron chi connectivity index (χ4n) is 1.80. The van der Waals surface area contributed by atoms with Crippen LogP contribution in [0.4, 0.5) is 0 Å². The first-order valence-electron chi connectivity index (χ1n) is 5.25. The van der Waals surface area contributed by atoms with Crippen molar-refractivity contribution in [1.29, 1.82) is 0 Å². The fraction of sp³-hybridized carbons (Fsp3) is 0.167. The number of hydrogen-bond donors (Lipinski definition) is 0. The van der Waals surface area contributed by atoms with Crippen LogP contribution in [0.25, 0.3) is 11.3 Å². The minimum Gasteiger partial charge on any atom is -0.287 e. The fourth-order valence-corrected chi connectivity index (χ4v) is 3.02. The highest BCUT2D eigenvalue weighted by molar-refractivity contribution is 9.10. The lowest BCUT2D eigenvalue weighted by Gasteiger charge is -2.04. The van der Waals surface area contributed by atoms with E-state index in [9.17, 15) is 4.79 Å². The van der Waals surface area contributed by atoms with Crippen molar-refractivity contribution in [2.75, 3.05) is 5.75 Å². The summed E-state index contributed by atoms with van der Waals surface area (Å²) in [5.74, 6) is 0.937. The molecule has 0 spiro atoms. The highest BCUT2D eigenvalue weighted by Gasteiger charge is 2.15. The molecule has 0 fully saturated rings. The second-order valence-electron chi connectivity index (χ2n) is 3.77. The second-order valence-corrected chi connectivity index (χ2v) is 5.75. The summed E-state index contributed by atoms with van der Waals surface area (Å²) in [5.41, 5.74) is 1.77. The smallest absolute Gasteiger partial charge is 0.254 e. The molecule has 86 valence electrons. The van der Waals surface area contributed by atoms with Crippen LogP contribution in [0.1, 0.15) is 0 Å². The summed E-state index contributed by atoms with van der Waals surface area (Å²) >= 11 is 5.03. The molecule has 5 heteroatoms. The summed E-state index contributed by atoms with van der Waals surface area (Å²) in [6.45, 7) is 0.770. The molecule has 0 bridgehead atoms. The van der Waals surface area contributed by atoms with Crippen LogP contribution in [0.15, 0.2) is 44.8 Å². The Morgan fingerprint density at radius 1 is 1.29 bits per heavy atom. The van der Waals surface area contributed by atoms with Gasteiger partial charge < -0.3 is 0 Å². The van der Waals surface area contributed by atoms with Crippen molar-refractivity contribution in [3.8, 4) is 11.3 Å². The topological polar surface area (TPSA) is 34.9 Å². The Morgan fingerprint density at radius 3 is 2.82 bits per heavy atom. The maximum atomic E-state index is 11.9. The zero-order valence-corrected chi connectivity index (χ0v) is 11.3. The van der Waals surface area contributed by atoms with E-state index < -0.39 is 0 Å². The van der Waals surface area contributed by atoms with Gasteiger partial charge in [-0.15, -0.1) is 0 Å². The predicted molar refractivity (Wildman–Crippen MR) is 72.4 cm³/mol. The number of benzene rings is 1. The first-order chi connectivity index (χ1) is 8.24. The number of halogens is 1. The maximum absolute atomic E-state index is 11.9. The molecule has 2 heterocycles. The third-order valence-electron chi connectivity index (χ3n) is 2.66. The number of thioether (sulfide) groups is 1. The molecule has 3 nitrogen and oxygen atoms in total. The number of fused-ring (bicyclic) bond motifs is 1. The maximum Gasteiger partial charge on any atom is 0.254 e. The number of nitrogens with zero attached hydrogens (tertiary/aromatic N) is 2. The standard InChI is InChI=1S/C12H9BrN2OS/c13-9-3-1-8(2-4-9)10-7-11(16)15-5-6-17-12(15)14-10/h1-4,7H,5-6H2. The van der Waals surface area contributed by atoms with Crippen molar-refractivity contribution in [1.82, 2.24) is 9.55 Å². The highest BCUT2D eigenvalue weighted by Crippen LogP contribution is 2.25. The van der Waals surface area contributed by atoms with Crippen LogP contribution in [-0.2, 0) is 6.54 Å². The van der Waals surface area contributed by atoms with E-state index in [1.54, 1.807) is 22.4 Å². The number of rotatable bonds is 1. The van der Waals surface area contributed by atoms with E-state index in [4.69, 9.17) is 0 Å². The van der Waals surface area contributed by atoms with Gasteiger partial charge >= 0.3 is 0 Å². The van der Waals surface area contributed by atoms with Gasteiger partial charge in [0.1, 0.15) is 0 Å². The van der Waals surface area contributed by atoms with E-state index in [1.165, 1.54) is 0 Å². The van der Waals surface area contributed by atoms with Gasteiger partial charge in [-0.05, 0) is 12.1 Å². The highest BCUT2D eigenvalue weighted by atomic mass is 79.9. The van der Waals surface area contributed by atoms with Crippen molar-refractivity contribution in [3.05, 3.63) is 45.2 Å². The van der Waals surface area contributed by atoms with Crippen molar-refractivity contribution in [2.24, 2.45) is 0 Å². The van der Waals surface area contributed by atoms with Gasteiger partial charge in [-0.3, -0.25) is 9.36 Å². The average Bonchev–Trinajstić information content (AvgIpc) is 2.78. The third kappa shape index (κ3) is 2.05. The zero-order valence-electron chi connectivity index (χ0n) is 8.89. The van der Waals surface area contributed by atoms with Gasteiger partial charge in [-0.1, -0.05) is 39.8 Å². The molecule has 0 atom stereocenters. The first kappa shape index (κ1) is 11.0. The van der Waals surface area contributed by atoms with Crippen LogP contribution in [0, 0.1) is 0 Å². The minimum absolute atomic E-state index is 0.0397. The third-order valence-corrected chi connectivity index (χ3v) is 4.14. The van der Waals surface area contributed by atoms with Crippen LogP contribution in [0.3, 0.4) is 0 Å². The minimum atomic E-state index is 0.0397. The predicted octanol–water partition coefficient (Wildman–Crippen LogP) is 2.78. The van der Waals surface area contributed by atoms with E-state index in [2.05, 4.69) is 20.9 Å². The van der Waals surface area contributed by atoms with Crippen LogP contribution in [0.5, 0.6) is 0 Å². The summed E-state index contributed by atoms with van der Waals surface area (Å²) in [6.07, 6.45) is 0. The van der Waals surface area contributed by atoms with Gasteiger partial charge in [0.15, 0.2) is 5.16 Å². The Hall–Kier alpha value is -1.07.